The molecule has 4 fully saturated rings. The lowest BCUT2D eigenvalue weighted by Crippen LogP contribution is -2.50. The van der Waals surface area contributed by atoms with E-state index in [0.29, 0.717) is 48.6 Å². The summed E-state index contributed by atoms with van der Waals surface area (Å²) < 4.78 is 42.7. The fraction of sp³-hybridized carbons (Fsp3) is 0.455. The van der Waals surface area contributed by atoms with Gasteiger partial charge in [0.2, 0.25) is 0 Å². The lowest BCUT2D eigenvalue weighted by Gasteiger charge is -2.36. The van der Waals surface area contributed by atoms with Gasteiger partial charge in [0.05, 0.1) is 30.8 Å². The Morgan fingerprint density at radius 2 is 1.79 bits per heavy atom. The number of ether oxygens (including phenoxy) is 4. The number of hydrogen-bond acceptors (Lipinski definition) is 9. The molecule has 3 saturated heterocycles. The Bertz CT molecular complexity index is 2390. The van der Waals surface area contributed by atoms with Gasteiger partial charge in [-0.3, -0.25) is 4.68 Å². The SMILES string of the molecule is C#Cc1ccc(COc2c(-c3c(C)c(F)cc4nn(C)cc34)c(C3CC3)cc3c(N4C[C@@H]5C[C@H]4CN5C(=O)OC(C)(C)C)nc(OC4CCOCC4)nc23)cc1. The lowest BCUT2D eigenvalue weighted by atomic mass is 9.88. The maximum Gasteiger partial charge on any atom is 0.410 e. The van der Waals surface area contributed by atoms with Gasteiger partial charge >= 0.3 is 12.1 Å². The van der Waals surface area contributed by atoms with E-state index in [1.54, 1.807) is 4.68 Å². The first-order valence-electron chi connectivity index (χ1n) is 19.6. The highest BCUT2D eigenvalue weighted by Gasteiger charge is 2.48. The van der Waals surface area contributed by atoms with E-state index in [-0.39, 0.29) is 48.6 Å². The fourth-order valence-electron chi connectivity index (χ4n) is 8.55. The first kappa shape index (κ1) is 36.2. The second kappa shape index (κ2) is 14.0. The van der Waals surface area contributed by atoms with Gasteiger partial charge in [-0.15, -0.1) is 6.42 Å². The van der Waals surface area contributed by atoms with E-state index >= 15 is 4.39 Å². The molecule has 3 aliphatic heterocycles. The van der Waals surface area contributed by atoms with Crippen LogP contribution in [-0.4, -0.2) is 80.8 Å². The van der Waals surface area contributed by atoms with Crippen molar-refractivity contribution in [3.05, 3.63) is 70.7 Å². The van der Waals surface area contributed by atoms with Gasteiger partial charge in [0.1, 0.15) is 35.5 Å². The topological polar surface area (TPSA) is 104 Å². The number of terminal acetylenes is 1. The van der Waals surface area contributed by atoms with Crippen LogP contribution in [0.1, 0.15) is 81.0 Å². The second-order valence-corrected chi connectivity index (χ2v) is 16.7. The normalized spacial score (nSPS) is 19.9. The largest absolute Gasteiger partial charge is 0.486 e. The Morgan fingerprint density at radius 3 is 2.46 bits per heavy atom. The van der Waals surface area contributed by atoms with Crippen molar-refractivity contribution in [1.82, 2.24) is 24.6 Å². The summed E-state index contributed by atoms with van der Waals surface area (Å²) in [7, 11) is 1.85. The van der Waals surface area contributed by atoms with Crippen molar-refractivity contribution in [3.63, 3.8) is 0 Å². The van der Waals surface area contributed by atoms with E-state index < -0.39 is 5.60 Å². The standard InChI is InChI=1S/C44H47FN6O5/c1-7-26-8-10-27(11-9-26)24-54-40-38(37-25(2)35(45)20-36-34(37)23-49(6)48-36)32(28-12-13-28)19-33-39(40)46-42(55-31-14-16-53-17-15-31)47-41(33)50-21-30-18-29(50)22-51(30)43(52)56-44(3,4)5/h1,8-11,19-20,23,28-31H,12-18,21-22,24H2,2-6H3/t29-,30-/m0/s1. The minimum Gasteiger partial charge on any atom is -0.486 e. The van der Waals surface area contributed by atoms with Crippen LogP contribution in [0.5, 0.6) is 11.8 Å². The Balaban J connectivity index is 1.25. The van der Waals surface area contributed by atoms with E-state index in [1.165, 1.54) is 6.07 Å². The Kier molecular flexibility index (Phi) is 9.03. The van der Waals surface area contributed by atoms with Crippen molar-refractivity contribution in [2.24, 2.45) is 7.05 Å². The molecule has 12 heteroatoms. The number of amides is 1. The third-order valence-electron chi connectivity index (χ3n) is 11.4. The van der Waals surface area contributed by atoms with E-state index in [9.17, 15) is 4.79 Å². The molecule has 4 aliphatic rings. The summed E-state index contributed by atoms with van der Waals surface area (Å²) in [5.74, 6) is 3.88. The second-order valence-electron chi connectivity index (χ2n) is 16.7. The summed E-state index contributed by atoms with van der Waals surface area (Å²) in [5.41, 5.74) is 5.42. The van der Waals surface area contributed by atoms with Crippen molar-refractivity contribution in [2.45, 2.75) is 96.1 Å². The predicted octanol–water partition coefficient (Wildman–Crippen LogP) is 7.82. The van der Waals surface area contributed by atoms with Gasteiger partial charge in [0.25, 0.3) is 0 Å². The highest BCUT2D eigenvalue weighted by molar-refractivity contribution is 6.06. The molecule has 0 spiro atoms. The van der Waals surface area contributed by atoms with Crippen LogP contribution in [0.3, 0.4) is 0 Å². The molecule has 0 radical (unpaired) electrons. The van der Waals surface area contributed by atoms with E-state index in [0.717, 1.165) is 76.5 Å². The number of carbonyl (C=O) groups is 1. The first-order chi connectivity index (χ1) is 26.9. The number of likely N-dealkylation sites (tertiary alicyclic amines) is 1. The zero-order valence-electron chi connectivity index (χ0n) is 32.6. The summed E-state index contributed by atoms with van der Waals surface area (Å²) in [4.78, 5) is 27.8. The highest BCUT2D eigenvalue weighted by atomic mass is 19.1. The molecule has 1 aliphatic carbocycles. The molecule has 290 valence electrons. The van der Waals surface area contributed by atoms with Crippen molar-refractivity contribution in [1.29, 1.82) is 0 Å². The van der Waals surface area contributed by atoms with Crippen molar-refractivity contribution >= 4 is 33.7 Å². The number of halogens is 1. The maximum atomic E-state index is 16.0. The van der Waals surface area contributed by atoms with Crippen LogP contribution in [0.15, 0.2) is 42.6 Å². The lowest BCUT2D eigenvalue weighted by molar-refractivity contribution is 0.0206. The molecule has 1 amide bonds. The van der Waals surface area contributed by atoms with Crippen molar-refractivity contribution in [2.75, 3.05) is 31.2 Å². The van der Waals surface area contributed by atoms with Crippen LogP contribution in [-0.2, 0) is 23.1 Å². The van der Waals surface area contributed by atoms with Crippen molar-refractivity contribution < 1.29 is 28.1 Å². The van der Waals surface area contributed by atoms with Crippen molar-refractivity contribution in [3.8, 4) is 35.2 Å². The van der Waals surface area contributed by atoms with E-state index in [2.05, 4.69) is 22.0 Å². The van der Waals surface area contributed by atoms with E-state index in [4.69, 9.17) is 35.3 Å². The third kappa shape index (κ3) is 6.76. The van der Waals surface area contributed by atoms with Crippen LogP contribution < -0.4 is 14.4 Å². The van der Waals surface area contributed by atoms with Gasteiger partial charge in [0, 0.05) is 72.7 Å². The highest BCUT2D eigenvalue weighted by Crippen LogP contribution is 2.53. The summed E-state index contributed by atoms with van der Waals surface area (Å²) in [6.07, 6.45) is 11.4. The average Bonchev–Trinajstić information content (AvgIpc) is 3.65. The number of nitrogens with zero attached hydrogens (tertiary/aromatic N) is 6. The molecule has 9 rings (SSSR count). The summed E-state index contributed by atoms with van der Waals surface area (Å²) in [6, 6.07) is 11.7. The van der Waals surface area contributed by atoms with Gasteiger partial charge in [-0.05, 0) is 87.8 Å². The van der Waals surface area contributed by atoms with Crippen LogP contribution in [0.4, 0.5) is 15.0 Å². The number of rotatable bonds is 8. The Labute approximate surface area is 326 Å². The Hall–Kier alpha value is -5.41. The molecule has 0 unspecified atom stereocenters. The minimum atomic E-state index is -0.587. The molecule has 3 aromatic carbocycles. The van der Waals surface area contributed by atoms with Gasteiger partial charge in [-0.25, -0.2) is 9.18 Å². The summed E-state index contributed by atoms with van der Waals surface area (Å²) in [6.45, 7) is 10.0. The zero-order chi connectivity index (χ0) is 38.9. The number of aryl methyl sites for hydroxylation is 1. The molecule has 11 nitrogen and oxygen atoms in total. The molecular formula is C44H47FN6O5. The average molecular weight is 759 g/mol. The van der Waals surface area contributed by atoms with Gasteiger partial charge in [0.15, 0.2) is 5.75 Å². The molecule has 2 bridgehead atoms. The molecule has 5 heterocycles. The maximum absolute atomic E-state index is 16.0. The minimum absolute atomic E-state index is 0.0186. The fourth-order valence-corrected chi connectivity index (χ4v) is 8.55. The molecular weight excluding hydrogens is 712 g/mol. The van der Waals surface area contributed by atoms with E-state index in [1.807, 2.05) is 70.1 Å². The molecule has 1 saturated carbocycles. The molecule has 2 atom stereocenters. The number of aromatic nitrogens is 4. The molecule has 5 aromatic rings. The third-order valence-corrected chi connectivity index (χ3v) is 11.4. The molecule has 2 aromatic heterocycles. The number of anilines is 1. The quantitative estimate of drug-likeness (QED) is 0.147. The van der Waals surface area contributed by atoms with Gasteiger partial charge < -0.3 is 28.7 Å². The van der Waals surface area contributed by atoms with Gasteiger partial charge in [-0.2, -0.15) is 15.1 Å². The number of hydrogen-bond donors (Lipinski definition) is 0. The zero-order valence-corrected chi connectivity index (χ0v) is 32.6. The van der Waals surface area contributed by atoms with Crippen LogP contribution in [0.2, 0.25) is 0 Å². The van der Waals surface area contributed by atoms with Gasteiger partial charge in [-0.1, -0.05) is 18.1 Å². The molecule has 0 N–H and O–H groups in total. The number of carbonyl (C=O) groups excluding carboxylic acids is 1. The number of fused-ring (bicyclic) bond motifs is 4. The predicted molar refractivity (Wildman–Crippen MR) is 212 cm³/mol. The number of piperazine rings is 1. The molecule has 56 heavy (non-hydrogen) atoms. The Morgan fingerprint density at radius 1 is 1.02 bits per heavy atom. The number of benzene rings is 3. The van der Waals surface area contributed by atoms with Crippen LogP contribution in [0, 0.1) is 25.1 Å². The summed E-state index contributed by atoms with van der Waals surface area (Å²) in [5, 5.41) is 6.29. The first-order valence-corrected chi connectivity index (χ1v) is 19.6. The smallest absolute Gasteiger partial charge is 0.410 e. The monoisotopic (exact) mass is 758 g/mol. The summed E-state index contributed by atoms with van der Waals surface area (Å²) >= 11 is 0. The van der Waals surface area contributed by atoms with Crippen LogP contribution in [0.25, 0.3) is 32.9 Å². The van der Waals surface area contributed by atoms with Crippen LogP contribution >= 0.6 is 0 Å².